The molecule has 1 saturated carbocycles. The maximum absolute atomic E-state index is 12.7. The second-order valence-electron chi connectivity index (χ2n) is 5.36. The third-order valence-electron chi connectivity index (χ3n) is 3.65. The molecule has 2 rings (SSSR count). The van der Waals surface area contributed by atoms with Gasteiger partial charge in [-0.1, -0.05) is 0 Å². The molecule has 0 saturated heterocycles. The highest BCUT2D eigenvalue weighted by molar-refractivity contribution is 9.10. The quantitative estimate of drug-likeness (QED) is 0.825. The Morgan fingerprint density at radius 3 is 2.57 bits per heavy atom. The van der Waals surface area contributed by atoms with Crippen LogP contribution in [-0.2, 0) is 0 Å². The fourth-order valence-electron chi connectivity index (χ4n) is 2.27. The number of nitrogen functional groups attached to an aromatic ring is 1. The zero-order valence-electron chi connectivity index (χ0n) is 11.5. The third kappa shape index (κ3) is 4.12. The van der Waals surface area contributed by atoms with Crippen LogP contribution in [0.15, 0.2) is 22.7 Å². The molecular weight excluding hydrogens is 349 g/mol. The van der Waals surface area contributed by atoms with E-state index in [1.54, 1.807) is 13.0 Å². The lowest BCUT2D eigenvalue weighted by Crippen LogP contribution is -2.45. The molecule has 7 heteroatoms. The van der Waals surface area contributed by atoms with Crippen LogP contribution < -0.4 is 5.73 Å². The molecular formula is C14H16BrF3N2O. The number of nitrogens with two attached hydrogens (primary N) is 1. The first-order valence-electron chi connectivity index (χ1n) is 6.62. The predicted molar refractivity (Wildman–Crippen MR) is 77.8 cm³/mol. The molecule has 0 aliphatic heterocycles. The van der Waals surface area contributed by atoms with Crippen LogP contribution in [0.2, 0.25) is 0 Å². The molecule has 21 heavy (non-hydrogen) atoms. The summed E-state index contributed by atoms with van der Waals surface area (Å²) >= 11 is 3.20. The van der Waals surface area contributed by atoms with Gasteiger partial charge < -0.3 is 10.6 Å². The number of carbonyl (C=O) groups excluding carboxylic acids is 1. The van der Waals surface area contributed by atoms with Crippen LogP contribution in [0.25, 0.3) is 0 Å². The highest BCUT2D eigenvalue weighted by Gasteiger charge is 2.40. The van der Waals surface area contributed by atoms with Gasteiger partial charge >= 0.3 is 6.18 Å². The van der Waals surface area contributed by atoms with Crippen LogP contribution in [0.1, 0.15) is 30.1 Å². The average molecular weight is 365 g/mol. The zero-order valence-corrected chi connectivity index (χ0v) is 13.0. The van der Waals surface area contributed by atoms with Gasteiger partial charge in [-0.05, 0) is 59.8 Å². The summed E-state index contributed by atoms with van der Waals surface area (Å²) in [5.74, 6) is -0.477. The Kier molecular flexibility index (Phi) is 4.51. The number of nitrogens with zero attached hydrogens (tertiary/aromatic N) is 1. The summed E-state index contributed by atoms with van der Waals surface area (Å²) in [4.78, 5) is 13.3. The lowest BCUT2D eigenvalue weighted by atomic mass is 10.1. The molecule has 0 bridgehead atoms. The van der Waals surface area contributed by atoms with Crippen LogP contribution >= 0.6 is 15.9 Å². The van der Waals surface area contributed by atoms with E-state index < -0.39 is 24.7 Å². The first-order valence-corrected chi connectivity index (χ1v) is 7.41. The van der Waals surface area contributed by atoms with Gasteiger partial charge in [0.15, 0.2) is 0 Å². The fraction of sp³-hybridized carbons (Fsp3) is 0.500. The number of hydrogen-bond acceptors (Lipinski definition) is 2. The van der Waals surface area contributed by atoms with E-state index in [-0.39, 0.29) is 11.5 Å². The molecule has 3 nitrogen and oxygen atoms in total. The number of alkyl halides is 3. The van der Waals surface area contributed by atoms with E-state index in [0.717, 1.165) is 17.7 Å². The van der Waals surface area contributed by atoms with E-state index in [1.807, 2.05) is 0 Å². The summed E-state index contributed by atoms with van der Waals surface area (Å²) in [7, 11) is 0. The van der Waals surface area contributed by atoms with Crippen LogP contribution in [0.4, 0.5) is 18.9 Å². The van der Waals surface area contributed by atoms with Crippen molar-refractivity contribution in [2.75, 3.05) is 12.3 Å². The number of rotatable bonds is 4. The minimum Gasteiger partial charge on any atom is -0.398 e. The minimum absolute atomic E-state index is 0.157. The summed E-state index contributed by atoms with van der Waals surface area (Å²) < 4.78 is 38.8. The second kappa shape index (κ2) is 5.87. The van der Waals surface area contributed by atoms with Crippen molar-refractivity contribution in [1.82, 2.24) is 4.90 Å². The Balaban J connectivity index is 2.25. The van der Waals surface area contributed by atoms with Gasteiger partial charge in [-0.3, -0.25) is 4.79 Å². The van der Waals surface area contributed by atoms with Gasteiger partial charge in [0.25, 0.3) is 5.91 Å². The highest BCUT2D eigenvalue weighted by atomic mass is 79.9. The van der Waals surface area contributed by atoms with Crippen molar-refractivity contribution in [2.24, 2.45) is 5.92 Å². The van der Waals surface area contributed by atoms with Crippen molar-refractivity contribution in [1.29, 1.82) is 0 Å². The summed E-state index contributed by atoms with van der Waals surface area (Å²) in [5.41, 5.74) is 6.19. The minimum atomic E-state index is -4.42. The van der Waals surface area contributed by atoms with Crippen molar-refractivity contribution in [2.45, 2.75) is 32.0 Å². The van der Waals surface area contributed by atoms with Gasteiger partial charge in [-0.25, -0.2) is 0 Å². The van der Waals surface area contributed by atoms with Crippen LogP contribution in [0.5, 0.6) is 0 Å². The molecule has 2 N–H and O–H groups in total. The number of benzene rings is 1. The molecule has 1 atom stereocenters. The van der Waals surface area contributed by atoms with Gasteiger partial charge in [-0.15, -0.1) is 0 Å². The van der Waals surface area contributed by atoms with Crippen LogP contribution in [0.3, 0.4) is 0 Å². The smallest absolute Gasteiger partial charge is 0.398 e. The SMILES string of the molecule is CC(C1CC1)N(CC(F)(F)F)C(=O)c1ccc(Br)c(N)c1. The number of hydrogen-bond donors (Lipinski definition) is 1. The van der Waals surface area contributed by atoms with Crippen LogP contribution in [-0.4, -0.2) is 29.6 Å². The molecule has 1 amide bonds. The van der Waals surface area contributed by atoms with Crippen molar-refractivity contribution >= 4 is 27.5 Å². The topological polar surface area (TPSA) is 46.3 Å². The maximum atomic E-state index is 12.7. The molecule has 116 valence electrons. The fourth-order valence-corrected chi connectivity index (χ4v) is 2.52. The van der Waals surface area contributed by atoms with Gasteiger partial charge in [-0.2, -0.15) is 13.2 Å². The number of anilines is 1. The summed E-state index contributed by atoms with van der Waals surface area (Å²) in [5, 5.41) is 0. The zero-order chi connectivity index (χ0) is 15.8. The first kappa shape index (κ1) is 16.1. The Labute approximate surface area is 129 Å². The molecule has 0 radical (unpaired) electrons. The predicted octanol–water partition coefficient (Wildman–Crippen LogP) is 3.83. The van der Waals surface area contributed by atoms with E-state index >= 15 is 0 Å². The molecule has 1 aliphatic rings. The summed E-state index contributed by atoms with van der Waals surface area (Å²) in [6, 6.07) is 4.01. The highest BCUT2D eigenvalue weighted by Crippen LogP contribution is 2.37. The molecule has 0 spiro atoms. The Bertz CT molecular complexity index is 544. The third-order valence-corrected chi connectivity index (χ3v) is 4.37. The van der Waals surface area contributed by atoms with Crippen molar-refractivity contribution in [3.63, 3.8) is 0 Å². The number of halogens is 4. The van der Waals surface area contributed by atoms with Gasteiger partial charge in [0.2, 0.25) is 0 Å². The summed E-state index contributed by atoms with van der Waals surface area (Å²) in [6.45, 7) is 0.434. The normalized spacial score (nSPS) is 16.6. The molecule has 1 fully saturated rings. The molecule has 1 aliphatic carbocycles. The largest absolute Gasteiger partial charge is 0.406 e. The molecule has 1 unspecified atom stereocenters. The van der Waals surface area contributed by atoms with E-state index in [9.17, 15) is 18.0 Å². The van der Waals surface area contributed by atoms with E-state index in [4.69, 9.17) is 5.73 Å². The molecule has 0 aromatic heterocycles. The lowest BCUT2D eigenvalue weighted by molar-refractivity contribution is -0.144. The van der Waals surface area contributed by atoms with Gasteiger partial charge in [0.05, 0.1) is 0 Å². The number of carbonyl (C=O) groups is 1. The maximum Gasteiger partial charge on any atom is 0.406 e. The standard InChI is InChI=1S/C14H16BrF3N2O/c1-8(9-2-3-9)20(7-14(16,17)18)13(21)10-4-5-11(15)12(19)6-10/h4-6,8-9H,2-3,7,19H2,1H3. The lowest BCUT2D eigenvalue weighted by Gasteiger charge is -2.30. The summed E-state index contributed by atoms with van der Waals surface area (Å²) in [6.07, 6.45) is -2.68. The van der Waals surface area contributed by atoms with Crippen molar-refractivity contribution < 1.29 is 18.0 Å². The average Bonchev–Trinajstić information content (AvgIpc) is 3.21. The van der Waals surface area contributed by atoms with E-state index in [1.165, 1.54) is 12.1 Å². The Morgan fingerprint density at radius 1 is 1.48 bits per heavy atom. The molecule has 1 aromatic carbocycles. The van der Waals surface area contributed by atoms with Gasteiger partial charge in [0.1, 0.15) is 6.54 Å². The van der Waals surface area contributed by atoms with E-state index in [2.05, 4.69) is 15.9 Å². The molecule has 0 heterocycles. The van der Waals surface area contributed by atoms with Crippen LogP contribution in [0, 0.1) is 5.92 Å². The van der Waals surface area contributed by atoms with Crippen molar-refractivity contribution in [3.8, 4) is 0 Å². The van der Waals surface area contributed by atoms with E-state index in [0.29, 0.717) is 10.2 Å². The molecule has 1 aromatic rings. The second-order valence-corrected chi connectivity index (χ2v) is 6.22. The Morgan fingerprint density at radius 2 is 2.10 bits per heavy atom. The number of amides is 1. The first-order chi connectivity index (χ1) is 9.69. The van der Waals surface area contributed by atoms with Crippen molar-refractivity contribution in [3.05, 3.63) is 28.2 Å². The monoisotopic (exact) mass is 364 g/mol. The Hall–Kier alpha value is -1.24. The van der Waals surface area contributed by atoms with Gasteiger partial charge in [0, 0.05) is 21.8 Å².